The molecule has 3 rings (SSSR count). The van der Waals surface area contributed by atoms with Crippen LogP contribution in [0.1, 0.15) is 37.8 Å². The number of hydrogen-bond acceptors (Lipinski definition) is 2. The number of rotatable bonds is 5. The summed E-state index contributed by atoms with van der Waals surface area (Å²) in [6.07, 6.45) is 0.0512. The number of benzene rings is 3. The first-order chi connectivity index (χ1) is 14.1. The van der Waals surface area contributed by atoms with Crippen LogP contribution in [0.4, 0.5) is 8.78 Å². The molecule has 0 saturated carbocycles. The molecule has 0 heterocycles. The lowest BCUT2D eigenvalue weighted by Gasteiger charge is -2.23. The van der Waals surface area contributed by atoms with Crippen molar-refractivity contribution in [2.24, 2.45) is 0 Å². The summed E-state index contributed by atoms with van der Waals surface area (Å²) in [5, 5.41) is 10.8. The molecule has 0 aromatic heterocycles. The van der Waals surface area contributed by atoms with Gasteiger partial charge in [0, 0.05) is 16.8 Å². The van der Waals surface area contributed by atoms with E-state index in [1.54, 1.807) is 0 Å². The summed E-state index contributed by atoms with van der Waals surface area (Å²) in [5.41, 5.74) is 1.90. The maximum atomic E-state index is 14.2. The van der Waals surface area contributed by atoms with Crippen molar-refractivity contribution in [3.05, 3.63) is 95.6 Å². The van der Waals surface area contributed by atoms with Crippen molar-refractivity contribution >= 4 is 17.8 Å². The highest BCUT2D eigenvalue weighted by atomic mass is 31.2. The van der Waals surface area contributed by atoms with Crippen molar-refractivity contribution in [3.63, 3.8) is 0 Å². The van der Waals surface area contributed by atoms with Gasteiger partial charge < -0.3 is 4.57 Å². The minimum Gasteiger partial charge on any atom is -0.314 e. The Labute approximate surface area is 176 Å². The number of nitrogens with zero attached hydrogens (tertiary/aromatic N) is 1. The summed E-state index contributed by atoms with van der Waals surface area (Å²) in [6.45, 7) is 6.34. The molecule has 0 aliphatic rings. The Morgan fingerprint density at radius 2 is 1.27 bits per heavy atom. The summed E-state index contributed by atoms with van der Waals surface area (Å²) >= 11 is 0. The Morgan fingerprint density at radius 1 is 0.833 bits per heavy atom. The first-order valence-corrected chi connectivity index (χ1v) is 11.6. The predicted octanol–water partition coefficient (Wildman–Crippen LogP) is 5.88. The van der Waals surface area contributed by atoms with Crippen LogP contribution in [0.3, 0.4) is 0 Å². The fourth-order valence-electron chi connectivity index (χ4n) is 3.42. The van der Waals surface area contributed by atoms with Crippen LogP contribution in [0.5, 0.6) is 0 Å². The van der Waals surface area contributed by atoms with Crippen molar-refractivity contribution < 1.29 is 13.3 Å². The maximum Gasteiger partial charge on any atom is 0.144 e. The van der Waals surface area contributed by atoms with Gasteiger partial charge in [0.25, 0.3) is 0 Å². The first kappa shape index (κ1) is 21.9. The van der Waals surface area contributed by atoms with Crippen LogP contribution in [-0.4, -0.2) is 6.16 Å². The van der Waals surface area contributed by atoms with Crippen molar-refractivity contribution in [3.8, 4) is 6.07 Å². The highest BCUT2D eigenvalue weighted by molar-refractivity contribution is 7.78. The van der Waals surface area contributed by atoms with E-state index in [1.807, 2.05) is 24.3 Å². The highest BCUT2D eigenvalue weighted by Crippen LogP contribution is 2.47. The largest absolute Gasteiger partial charge is 0.314 e. The van der Waals surface area contributed by atoms with Crippen molar-refractivity contribution in [1.29, 1.82) is 5.26 Å². The summed E-state index contributed by atoms with van der Waals surface area (Å²) in [5.74, 6) is -1.49. The van der Waals surface area contributed by atoms with Crippen LogP contribution in [-0.2, 0) is 9.98 Å². The molecule has 3 aromatic rings. The molecule has 0 aliphatic carbocycles. The third kappa shape index (κ3) is 4.69. The molecule has 5 heteroatoms. The molecule has 0 unspecified atom stereocenters. The minimum atomic E-state index is -3.30. The van der Waals surface area contributed by atoms with E-state index in [0.717, 1.165) is 11.1 Å². The van der Waals surface area contributed by atoms with E-state index in [-0.39, 0.29) is 11.6 Å². The van der Waals surface area contributed by atoms with E-state index in [4.69, 9.17) is 0 Å². The van der Waals surface area contributed by atoms with Gasteiger partial charge in [-0.2, -0.15) is 5.26 Å². The smallest absolute Gasteiger partial charge is 0.144 e. The molecule has 0 saturated heterocycles. The minimum absolute atomic E-state index is 0.0157. The van der Waals surface area contributed by atoms with Gasteiger partial charge in [-0.1, -0.05) is 45.0 Å². The normalized spacial score (nSPS) is 12.9. The van der Waals surface area contributed by atoms with E-state index >= 15 is 0 Å². The fraction of sp³-hybridized carbons (Fsp3) is 0.240. The zero-order valence-electron chi connectivity index (χ0n) is 17.3. The van der Waals surface area contributed by atoms with Crippen molar-refractivity contribution in [2.75, 3.05) is 6.16 Å². The van der Waals surface area contributed by atoms with Crippen LogP contribution in [0, 0.1) is 23.0 Å². The molecule has 0 bridgehead atoms. The first-order valence-electron chi connectivity index (χ1n) is 9.75. The fourth-order valence-corrected chi connectivity index (χ4v) is 6.20. The van der Waals surface area contributed by atoms with Crippen LogP contribution in [0.15, 0.2) is 72.8 Å². The molecular weight excluding hydrogens is 399 g/mol. The van der Waals surface area contributed by atoms with Crippen LogP contribution in [0.2, 0.25) is 0 Å². The zero-order chi connectivity index (χ0) is 21.9. The molecule has 154 valence electrons. The lowest BCUT2D eigenvalue weighted by molar-refractivity contribution is 0.584. The number of nitriles is 1. The second-order valence-electron chi connectivity index (χ2n) is 8.43. The van der Waals surface area contributed by atoms with Gasteiger partial charge >= 0.3 is 0 Å². The van der Waals surface area contributed by atoms with Crippen LogP contribution >= 0.6 is 7.14 Å². The Bertz CT molecular complexity index is 1040. The molecule has 0 aliphatic heterocycles. The average Bonchev–Trinajstić information content (AvgIpc) is 2.72. The van der Waals surface area contributed by atoms with E-state index < -0.39 is 24.7 Å². The Morgan fingerprint density at radius 3 is 1.63 bits per heavy atom. The summed E-state index contributed by atoms with van der Waals surface area (Å²) in [7, 11) is -3.30. The number of hydrogen-bond donors (Lipinski definition) is 0. The van der Waals surface area contributed by atoms with Gasteiger partial charge in [-0.3, -0.25) is 0 Å². The standard InChI is InChI=1S/C25H24F2NOP/c1-25(2,3)20-6-4-18(5-7-20)19(16-28)17-30(29,23-12-8-21(26)9-13-23)24-14-10-22(27)11-15-24/h4-15,19H,17H2,1-3H3/t19-/m1/s1. The van der Waals surface area contributed by atoms with Crippen LogP contribution < -0.4 is 10.6 Å². The topological polar surface area (TPSA) is 40.9 Å². The third-order valence-corrected chi connectivity index (χ3v) is 8.41. The predicted molar refractivity (Wildman–Crippen MR) is 118 cm³/mol. The molecule has 30 heavy (non-hydrogen) atoms. The van der Waals surface area contributed by atoms with Gasteiger partial charge in [-0.05, 0) is 65.1 Å². The maximum absolute atomic E-state index is 14.2. The van der Waals surface area contributed by atoms with Gasteiger partial charge in [0.15, 0.2) is 0 Å². The van der Waals surface area contributed by atoms with Crippen molar-refractivity contribution in [1.82, 2.24) is 0 Å². The van der Waals surface area contributed by atoms with E-state index in [0.29, 0.717) is 10.6 Å². The summed E-state index contributed by atoms with van der Waals surface area (Å²) in [4.78, 5) is 0. The van der Waals surface area contributed by atoms with E-state index in [1.165, 1.54) is 48.5 Å². The quantitative estimate of drug-likeness (QED) is 0.481. The van der Waals surface area contributed by atoms with Gasteiger partial charge in [0.1, 0.15) is 18.8 Å². The van der Waals surface area contributed by atoms with E-state index in [2.05, 4.69) is 26.8 Å². The average molecular weight is 423 g/mol. The Hall–Kier alpha value is -2.76. The molecule has 0 N–H and O–H groups in total. The molecule has 3 aromatic carbocycles. The molecule has 0 amide bonds. The molecule has 0 radical (unpaired) electrons. The Balaban J connectivity index is 2.03. The molecule has 2 nitrogen and oxygen atoms in total. The zero-order valence-corrected chi connectivity index (χ0v) is 18.2. The second kappa shape index (κ2) is 8.54. The lowest BCUT2D eigenvalue weighted by Crippen LogP contribution is -2.21. The summed E-state index contributed by atoms with van der Waals surface area (Å²) in [6, 6.07) is 21.0. The highest BCUT2D eigenvalue weighted by Gasteiger charge is 2.32. The second-order valence-corrected chi connectivity index (χ2v) is 11.3. The van der Waals surface area contributed by atoms with Gasteiger partial charge in [-0.25, -0.2) is 8.78 Å². The van der Waals surface area contributed by atoms with Gasteiger partial charge in [-0.15, -0.1) is 0 Å². The molecule has 0 spiro atoms. The van der Waals surface area contributed by atoms with Gasteiger partial charge in [0.2, 0.25) is 0 Å². The molecular formula is C25H24F2NOP. The molecule has 0 fully saturated rings. The molecule has 1 atom stereocenters. The van der Waals surface area contributed by atoms with Crippen LogP contribution in [0.25, 0.3) is 0 Å². The van der Waals surface area contributed by atoms with E-state index in [9.17, 15) is 18.6 Å². The summed E-state index contributed by atoms with van der Waals surface area (Å²) < 4.78 is 41.1. The lowest BCUT2D eigenvalue weighted by atomic mass is 9.86. The van der Waals surface area contributed by atoms with Crippen molar-refractivity contribution in [2.45, 2.75) is 32.1 Å². The Kier molecular flexibility index (Phi) is 6.25. The third-order valence-electron chi connectivity index (χ3n) is 5.26. The SMILES string of the molecule is CC(C)(C)c1ccc([C@H](C#N)CP(=O)(c2ccc(F)cc2)c2ccc(F)cc2)cc1. The monoisotopic (exact) mass is 423 g/mol. The number of halogens is 2. The van der Waals surface area contributed by atoms with Gasteiger partial charge in [0.05, 0.1) is 12.0 Å².